The van der Waals surface area contributed by atoms with Gasteiger partial charge >= 0.3 is 0 Å². The third-order valence-electron chi connectivity index (χ3n) is 5.78. The molecule has 0 unspecified atom stereocenters. The molecular formula is C24H18Cl2N4O2. The Morgan fingerprint density at radius 3 is 2.38 bits per heavy atom. The lowest BCUT2D eigenvalue weighted by molar-refractivity contribution is 0.0921. The van der Waals surface area contributed by atoms with Crippen LogP contribution in [-0.4, -0.2) is 24.8 Å². The highest BCUT2D eigenvalue weighted by Gasteiger charge is 2.18. The highest BCUT2D eigenvalue weighted by atomic mass is 35.5. The van der Waals surface area contributed by atoms with Crippen LogP contribution in [0.1, 0.15) is 11.7 Å². The van der Waals surface area contributed by atoms with E-state index in [-0.39, 0.29) is 11.5 Å². The van der Waals surface area contributed by atoms with Crippen molar-refractivity contribution in [2.45, 2.75) is 6.92 Å². The molecule has 3 heterocycles. The second-order valence-corrected chi connectivity index (χ2v) is 8.58. The first-order valence-corrected chi connectivity index (χ1v) is 10.7. The van der Waals surface area contributed by atoms with E-state index >= 15 is 0 Å². The molecule has 5 rings (SSSR count). The van der Waals surface area contributed by atoms with E-state index in [0.717, 1.165) is 27.5 Å². The molecule has 0 saturated carbocycles. The van der Waals surface area contributed by atoms with Crippen molar-refractivity contribution in [3.05, 3.63) is 75.1 Å². The first-order valence-electron chi connectivity index (χ1n) is 9.91. The summed E-state index contributed by atoms with van der Waals surface area (Å²) in [5, 5.41) is 7.18. The maximum Gasteiger partial charge on any atom is 0.259 e. The molecule has 0 bridgehead atoms. The van der Waals surface area contributed by atoms with Gasteiger partial charge in [0.25, 0.3) is 5.56 Å². The first kappa shape index (κ1) is 20.5. The Kier molecular flexibility index (Phi) is 4.73. The molecule has 0 aliphatic carbocycles. The van der Waals surface area contributed by atoms with E-state index in [1.165, 1.54) is 11.6 Å². The van der Waals surface area contributed by atoms with E-state index in [2.05, 4.69) is 5.10 Å². The van der Waals surface area contributed by atoms with Crippen molar-refractivity contribution < 1.29 is 4.79 Å². The fourth-order valence-electron chi connectivity index (χ4n) is 4.20. The number of halogens is 2. The summed E-state index contributed by atoms with van der Waals surface area (Å²) in [5.41, 5.74) is 4.34. The summed E-state index contributed by atoms with van der Waals surface area (Å²) >= 11 is 12.5. The maximum absolute atomic E-state index is 13.2. The van der Waals surface area contributed by atoms with Crippen LogP contribution in [0.4, 0.5) is 0 Å². The van der Waals surface area contributed by atoms with Crippen LogP contribution in [0.5, 0.6) is 0 Å². The second-order valence-electron chi connectivity index (χ2n) is 7.74. The molecule has 0 aliphatic heterocycles. The number of benzene rings is 2. The summed E-state index contributed by atoms with van der Waals surface area (Å²) in [4.78, 5) is 24.8. The third kappa shape index (κ3) is 3.06. The van der Waals surface area contributed by atoms with Crippen molar-refractivity contribution in [1.29, 1.82) is 0 Å². The van der Waals surface area contributed by atoms with Gasteiger partial charge in [-0.3, -0.25) is 14.2 Å². The van der Waals surface area contributed by atoms with Gasteiger partial charge in [-0.1, -0.05) is 35.3 Å². The van der Waals surface area contributed by atoms with Crippen molar-refractivity contribution in [2.75, 3.05) is 0 Å². The number of hydrogen-bond acceptors (Lipinski definition) is 3. The van der Waals surface area contributed by atoms with Gasteiger partial charge in [0.2, 0.25) is 5.91 Å². The Balaban J connectivity index is 1.81. The molecule has 3 aromatic heterocycles. The van der Waals surface area contributed by atoms with E-state index in [0.29, 0.717) is 26.9 Å². The normalized spacial score (nSPS) is 11.5. The Morgan fingerprint density at radius 1 is 0.906 bits per heavy atom. The number of pyridine rings is 1. The molecule has 2 aromatic carbocycles. The summed E-state index contributed by atoms with van der Waals surface area (Å²) in [6.45, 7) is 1.47. The van der Waals surface area contributed by atoms with E-state index in [9.17, 15) is 9.59 Å². The van der Waals surface area contributed by atoms with Gasteiger partial charge in [0.15, 0.2) is 0 Å². The standard InChI is InChI=1S/C24H18Cl2N4O2/c1-13(31)30-9-8-21(27-30)14-4-7-22-17(10-14)18-12-19(16-6-5-15(25)11-20(16)26)24(32)29(3)23(18)28(22)2/h4-12H,1-3H3. The average molecular weight is 465 g/mol. The van der Waals surface area contributed by atoms with Crippen LogP contribution in [0.2, 0.25) is 10.0 Å². The molecule has 0 atom stereocenters. The zero-order chi connectivity index (χ0) is 22.7. The van der Waals surface area contributed by atoms with Gasteiger partial charge in [0.05, 0.1) is 16.2 Å². The molecule has 6 nitrogen and oxygen atoms in total. The lowest BCUT2D eigenvalue weighted by Crippen LogP contribution is -2.20. The Morgan fingerprint density at radius 2 is 1.69 bits per heavy atom. The molecule has 0 radical (unpaired) electrons. The minimum absolute atomic E-state index is 0.145. The molecule has 0 N–H and O–H groups in total. The summed E-state index contributed by atoms with van der Waals surface area (Å²) < 4.78 is 4.95. The number of rotatable bonds is 2. The average Bonchev–Trinajstić information content (AvgIpc) is 3.35. The number of hydrogen-bond donors (Lipinski definition) is 0. The SMILES string of the molecule is CC(=O)n1ccc(-c2ccc3c(c2)c2cc(-c4ccc(Cl)cc4Cl)c(=O)n(C)c2n3C)n1. The molecule has 0 saturated heterocycles. The Hall–Kier alpha value is -3.35. The second kappa shape index (κ2) is 7.36. The summed E-state index contributed by atoms with van der Waals surface area (Å²) in [6, 6.07) is 14.8. The summed E-state index contributed by atoms with van der Waals surface area (Å²) in [6.07, 6.45) is 1.65. The largest absolute Gasteiger partial charge is 0.330 e. The van der Waals surface area contributed by atoms with Gasteiger partial charge in [-0.25, -0.2) is 4.68 Å². The molecule has 160 valence electrons. The van der Waals surface area contributed by atoms with Gasteiger partial charge in [0.1, 0.15) is 5.65 Å². The van der Waals surface area contributed by atoms with Crippen LogP contribution in [0.25, 0.3) is 44.3 Å². The number of carbonyl (C=O) groups excluding carboxylic acids is 1. The minimum Gasteiger partial charge on any atom is -0.330 e. The van der Waals surface area contributed by atoms with Gasteiger partial charge < -0.3 is 4.57 Å². The predicted octanol–water partition coefficient (Wildman–Crippen LogP) is 5.53. The quantitative estimate of drug-likeness (QED) is 0.345. The molecule has 32 heavy (non-hydrogen) atoms. The highest BCUT2D eigenvalue weighted by molar-refractivity contribution is 6.36. The Labute approximate surface area is 193 Å². The van der Waals surface area contributed by atoms with Crippen LogP contribution >= 0.6 is 23.2 Å². The predicted molar refractivity (Wildman–Crippen MR) is 129 cm³/mol. The number of aryl methyl sites for hydroxylation is 2. The van der Waals surface area contributed by atoms with E-state index < -0.39 is 0 Å². The number of carbonyl (C=O) groups is 1. The molecule has 8 heteroatoms. The van der Waals surface area contributed by atoms with Crippen molar-refractivity contribution >= 4 is 51.0 Å². The van der Waals surface area contributed by atoms with Crippen LogP contribution in [0, 0.1) is 0 Å². The van der Waals surface area contributed by atoms with Crippen LogP contribution < -0.4 is 5.56 Å². The fraction of sp³-hybridized carbons (Fsp3) is 0.125. The van der Waals surface area contributed by atoms with Crippen molar-refractivity contribution in [3.8, 4) is 22.4 Å². The molecule has 5 aromatic rings. The van der Waals surface area contributed by atoms with Crippen molar-refractivity contribution in [2.24, 2.45) is 14.1 Å². The monoisotopic (exact) mass is 464 g/mol. The zero-order valence-electron chi connectivity index (χ0n) is 17.6. The third-order valence-corrected chi connectivity index (χ3v) is 6.32. The van der Waals surface area contributed by atoms with Gasteiger partial charge in [-0.15, -0.1) is 0 Å². The zero-order valence-corrected chi connectivity index (χ0v) is 19.1. The topological polar surface area (TPSA) is 61.8 Å². The molecule has 0 spiro atoms. The van der Waals surface area contributed by atoms with E-state index in [1.807, 2.05) is 41.9 Å². The minimum atomic E-state index is -0.151. The van der Waals surface area contributed by atoms with Gasteiger partial charge in [-0.2, -0.15) is 5.10 Å². The van der Waals surface area contributed by atoms with Gasteiger partial charge in [-0.05, 0) is 36.4 Å². The molecule has 0 aliphatic rings. The maximum atomic E-state index is 13.2. The summed E-state index contributed by atoms with van der Waals surface area (Å²) in [5.74, 6) is -0.151. The van der Waals surface area contributed by atoms with Crippen LogP contribution in [-0.2, 0) is 14.1 Å². The highest BCUT2D eigenvalue weighted by Crippen LogP contribution is 2.35. The van der Waals surface area contributed by atoms with Crippen LogP contribution in [0.15, 0.2) is 59.5 Å². The van der Waals surface area contributed by atoms with E-state index in [1.54, 1.807) is 36.0 Å². The van der Waals surface area contributed by atoms with Crippen molar-refractivity contribution in [3.63, 3.8) is 0 Å². The number of fused-ring (bicyclic) bond motifs is 3. The van der Waals surface area contributed by atoms with Crippen molar-refractivity contribution in [1.82, 2.24) is 18.9 Å². The van der Waals surface area contributed by atoms with Crippen LogP contribution in [0.3, 0.4) is 0 Å². The fourth-order valence-corrected chi connectivity index (χ4v) is 4.71. The number of nitrogens with zero attached hydrogens (tertiary/aromatic N) is 4. The molecule has 0 fully saturated rings. The van der Waals surface area contributed by atoms with E-state index in [4.69, 9.17) is 23.2 Å². The molecule has 0 amide bonds. The van der Waals surface area contributed by atoms with Gasteiger partial charge in [0, 0.05) is 59.7 Å². The number of aromatic nitrogens is 4. The Bertz CT molecular complexity index is 1630. The lowest BCUT2D eigenvalue weighted by Gasteiger charge is -2.09. The first-order chi connectivity index (χ1) is 15.3. The lowest BCUT2D eigenvalue weighted by atomic mass is 10.0. The molecular weight excluding hydrogens is 447 g/mol. The smallest absolute Gasteiger partial charge is 0.259 e. The summed E-state index contributed by atoms with van der Waals surface area (Å²) in [7, 11) is 3.69.